The largest absolute Gasteiger partial charge is 0.0654 e. The van der Waals surface area contributed by atoms with E-state index in [2.05, 4.69) is 32.0 Å². The van der Waals surface area contributed by atoms with E-state index in [4.69, 9.17) is 0 Å². The van der Waals surface area contributed by atoms with Gasteiger partial charge in [0.15, 0.2) is 0 Å². The van der Waals surface area contributed by atoms with Gasteiger partial charge in [0, 0.05) is 0 Å². The molecule has 2 aliphatic carbocycles. The maximum atomic E-state index is 2.61. The van der Waals surface area contributed by atoms with Crippen molar-refractivity contribution in [3.05, 3.63) is 34.9 Å². The van der Waals surface area contributed by atoms with Gasteiger partial charge in [-0.2, -0.15) is 0 Å². The minimum Gasteiger partial charge on any atom is -0.0654 e. The summed E-state index contributed by atoms with van der Waals surface area (Å²) < 4.78 is 0. The van der Waals surface area contributed by atoms with Crippen LogP contribution in [0.5, 0.6) is 0 Å². The van der Waals surface area contributed by atoms with Crippen molar-refractivity contribution in [3.63, 3.8) is 0 Å². The van der Waals surface area contributed by atoms with Crippen LogP contribution >= 0.6 is 0 Å². The normalized spacial score (nSPS) is 25.8. The van der Waals surface area contributed by atoms with Crippen LogP contribution < -0.4 is 0 Å². The predicted octanol–water partition coefficient (Wildman–Crippen LogP) is 8.23. The molecule has 0 aromatic heterocycles. The Labute approximate surface area is 163 Å². The number of fused-ring (bicyclic) bond motifs is 1. The summed E-state index contributed by atoms with van der Waals surface area (Å²) in [6, 6.07) is 7.61. The molecule has 26 heavy (non-hydrogen) atoms. The second kappa shape index (κ2) is 10.5. The van der Waals surface area contributed by atoms with E-state index in [0.29, 0.717) is 0 Å². The number of hydrogen-bond donors (Lipinski definition) is 0. The Morgan fingerprint density at radius 1 is 0.731 bits per heavy atom. The standard InChI is InChI=1S/C26H42/c1-3-5-7-9-21-11-14-23(15-12-21)25-18-17-24-19-22(10-8-6-4-2)13-16-26(24)20-25/h17-18,20-23H,3-16,19H2,1-2H3. The van der Waals surface area contributed by atoms with Crippen LogP contribution in [0, 0.1) is 11.8 Å². The fraction of sp³-hybridized carbons (Fsp3) is 0.769. The first-order valence-electron chi connectivity index (χ1n) is 11.9. The van der Waals surface area contributed by atoms with Crippen molar-refractivity contribution in [1.29, 1.82) is 0 Å². The van der Waals surface area contributed by atoms with Crippen molar-refractivity contribution < 1.29 is 0 Å². The zero-order valence-electron chi connectivity index (χ0n) is 17.6. The molecule has 0 heteroatoms. The van der Waals surface area contributed by atoms with Gasteiger partial charge in [-0.1, -0.05) is 83.4 Å². The summed E-state index contributed by atoms with van der Waals surface area (Å²) in [5, 5.41) is 0. The number of unbranched alkanes of at least 4 members (excludes halogenated alkanes) is 4. The highest BCUT2D eigenvalue weighted by Gasteiger charge is 2.24. The van der Waals surface area contributed by atoms with Gasteiger partial charge in [0.2, 0.25) is 0 Å². The molecule has 0 amide bonds. The fourth-order valence-corrected chi connectivity index (χ4v) is 5.50. The summed E-state index contributed by atoms with van der Waals surface area (Å²) in [6.07, 6.45) is 21.4. The summed E-state index contributed by atoms with van der Waals surface area (Å²) in [6.45, 7) is 4.64. The molecule has 0 saturated heterocycles. The van der Waals surface area contributed by atoms with Crippen LogP contribution in [0.15, 0.2) is 18.2 Å². The maximum absolute atomic E-state index is 2.61. The topological polar surface area (TPSA) is 0 Å². The van der Waals surface area contributed by atoms with Crippen LogP contribution in [-0.2, 0) is 12.8 Å². The third kappa shape index (κ3) is 5.61. The van der Waals surface area contributed by atoms with Crippen molar-refractivity contribution in [2.45, 2.75) is 116 Å². The minimum atomic E-state index is 0.852. The molecule has 1 saturated carbocycles. The average molecular weight is 355 g/mol. The van der Waals surface area contributed by atoms with Crippen molar-refractivity contribution >= 4 is 0 Å². The molecule has 0 aliphatic heterocycles. The first-order valence-corrected chi connectivity index (χ1v) is 11.9. The lowest BCUT2D eigenvalue weighted by Gasteiger charge is -2.30. The monoisotopic (exact) mass is 354 g/mol. The Balaban J connectivity index is 1.49. The lowest BCUT2D eigenvalue weighted by Crippen LogP contribution is -2.16. The minimum absolute atomic E-state index is 0.852. The van der Waals surface area contributed by atoms with Gasteiger partial charge < -0.3 is 0 Å². The van der Waals surface area contributed by atoms with Gasteiger partial charge in [0.1, 0.15) is 0 Å². The predicted molar refractivity (Wildman–Crippen MR) is 115 cm³/mol. The molecule has 1 unspecified atom stereocenters. The van der Waals surface area contributed by atoms with Gasteiger partial charge in [-0.25, -0.2) is 0 Å². The summed E-state index contributed by atoms with van der Waals surface area (Å²) in [5.41, 5.74) is 5.04. The molecular weight excluding hydrogens is 312 g/mol. The highest BCUT2D eigenvalue weighted by atomic mass is 14.3. The number of rotatable bonds is 9. The highest BCUT2D eigenvalue weighted by molar-refractivity contribution is 5.36. The zero-order chi connectivity index (χ0) is 18.2. The highest BCUT2D eigenvalue weighted by Crippen LogP contribution is 2.39. The molecule has 2 aliphatic rings. The van der Waals surface area contributed by atoms with Crippen LogP contribution in [0.1, 0.15) is 120 Å². The van der Waals surface area contributed by atoms with E-state index in [0.717, 1.165) is 17.8 Å². The lowest BCUT2D eigenvalue weighted by molar-refractivity contribution is 0.302. The average Bonchev–Trinajstić information content (AvgIpc) is 2.68. The third-order valence-corrected chi connectivity index (χ3v) is 7.31. The Kier molecular flexibility index (Phi) is 8.08. The van der Waals surface area contributed by atoms with E-state index in [-0.39, 0.29) is 0 Å². The van der Waals surface area contributed by atoms with Gasteiger partial charge >= 0.3 is 0 Å². The maximum Gasteiger partial charge on any atom is -0.0162 e. The quantitative estimate of drug-likeness (QED) is 0.392. The summed E-state index contributed by atoms with van der Waals surface area (Å²) in [4.78, 5) is 0. The SMILES string of the molecule is CCCCCC1CCC(c2ccc3c(c2)CCC(CCCCC)C3)CC1. The van der Waals surface area contributed by atoms with Crippen molar-refractivity contribution in [2.24, 2.45) is 11.8 Å². The second-order valence-corrected chi connectivity index (χ2v) is 9.35. The van der Waals surface area contributed by atoms with Crippen LogP contribution in [-0.4, -0.2) is 0 Å². The molecule has 1 fully saturated rings. The Bertz CT molecular complexity index is 521. The molecule has 1 aromatic carbocycles. The molecule has 0 N–H and O–H groups in total. The molecule has 0 spiro atoms. The van der Waals surface area contributed by atoms with E-state index in [1.165, 1.54) is 96.3 Å². The van der Waals surface area contributed by atoms with E-state index in [1.807, 2.05) is 0 Å². The van der Waals surface area contributed by atoms with Crippen molar-refractivity contribution in [1.82, 2.24) is 0 Å². The van der Waals surface area contributed by atoms with Gasteiger partial charge in [0.25, 0.3) is 0 Å². The molecule has 0 bridgehead atoms. The Morgan fingerprint density at radius 2 is 1.42 bits per heavy atom. The summed E-state index contributed by atoms with van der Waals surface area (Å²) >= 11 is 0. The molecular formula is C26H42. The number of hydrogen-bond acceptors (Lipinski definition) is 0. The summed E-state index contributed by atoms with van der Waals surface area (Å²) in [7, 11) is 0. The summed E-state index contributed by atoms with van der Waals surface area (Å²) in [5.74, 6) is 2.84. The Morgan fingerprint density at radius 3 is 2.12 bits per heavy atom. The first kappa shape index (κ1) is 20.0. The molecule has 146 valence electrons. The van der Waals surface area contributed by atoms with Crippen molar-refractivity contribution in [3.8, 4) is 0 Å². The zero-order valence-corrected chi connectivity index (χ0v) is 17.6. The van der Waals surface area contributed by atoms with Crippen LogP contribution in [0.25, 0.3) is 0 Å². The smallest absolute Gasteiger partial charge is 0.0162 e. The third-order valence-electron chi connectivity index (χ3n) is 7.31. The van der Waals surface area contributed by atoms with Crippen LogP contribution in [0.3, 0.4) is 0 Å². The Hall–Kier alpha value is -0.780. The molecule has 1 atom stereocenters. The van der Waals surface area contributed by atoms with E-state index in [9.17, 15) is 0 Å². The molecule has 1 aromatic rings. The van der Waals surface area contributed by atoms with Gasteiger partial charge in [-0.15, -0.1) is 0 Å². The van der Waals surface area contributed by atoms with E-state index < -0.39 is 0 Å². The molecule has 0 nitrogen and oxygen atoms in total. The molecule has 3 rings (SSSR count). The second-order valence-electron chi connectivity index (χ2n) is 9.35. The molecule has 0 radical (unpaired) electrons. The first-order chi connectivity index (χ1) is 12.8. The van der Waals surface area contributed by atoms with Gasteiger partial charge in [-0.05, 0) is 79.4 Å². The van der Waals surface area contributed by atoms with Gasteiger partial charge in [-0.3, -0.25) is 0 Å². The number of benzene rings is 1. The van der Waals surface area contributed by atoms with Crippen LogP contribution in [0.2, 0.25) is 0 Å². The van der Waals surface area contributed by atoms with Crippen molar-refractivity contribution in [2.75, 3.05) is 0 Å². The lowest BCUT2D eigenvalue weighted by atomic mass is 9.75. The van der Waals surface area contributed by atoms with E-state index in [1.54, 1.807) is 16.7 Å². The fourth-order valence-electron chi connectivity index (χ4n) is 5.50. The van der Waals surface area contributed by atoms with Gasteiger partial charge in [0.05, 0.1) is 0 Å². The van der Waals surface area contributed by atoms with E-state index >= 15 is 0 Å². The number of aryl methyl sites for hydroxylation is 1. The molecule has 0 heterocycles. The van der Waals surface area contributed by atoms with Crippen LogP contribution in [0.4, 0.5) is 0 Å².